The Morgan fingerprint density at radius 3 is 2.37 bits per heavy atom. The normalized spacial score (nSPS) is 14.6. The van der Waals surface area contributed by atoms with Crippen LogP contribution in [0.25, 0.3) is 5.69 Å². The van der Waals surface area contributed by atoms with E-state index in [1.54, 1.807) is 14.5 Å². The molecule has 0 spiro atoms. The lowest BCUT2D eigenvalue weighted by Gasteiger charge is -2.35. The number of aromatic nitrogens is 4. The number of anilines is 1. The fraction of sp³-hybridized carbons (Fsp3) is 0.550. The Morgan fingerprint density at radius 2 is 1.77 bits per heavy atom. The first-order valence-corrected chi connectivity index (χ1v) is 9.99. The fourth-order valence-electron chi connectivity index (χ4n) is 3.16. The van der Waals surface area contributed by atoms with Gasteiger partial charge in [0.15, 0.2) is 5.82 Å². The molecule has 1 fully saturated rings. The van der Waals surface area contributed by atoms with Crippen LogP contribution >= 0.6 is 0 Å². The van der Waals surface area contributed by atoms with Crippen LogP contribution in [0.2, 0.25) is 0 Å². The standard InChI is InChI=1S/C20H29N7O3/c1-14-6-7-16(12-17(14)27-15(2)22-23-24-27)21-13-18(28)25-8-10-26(11-9-25)19(29)30-20(3,4)5/h6-7,12,21H,8-11,13H2,1-5H3. The summed E-state index contributed by atoms with van der Waals surface area (Å²) in [6.45, 7) is 11.4. The molecular formula is C20H29N7O3. The first-order chi connectivity index (χ1) is 14.1. The second-order valence-corrected chi connectivity index (χ2v) is 8.34. The number of amides is 2. The molecule has 162 valence electrons. The summed E-state index contributed by atoms with van der Waals surface area (Å²) in [5.74, 6) is 0.675. The van der Waals surface area contributed by atoms with Crippen molar-refractivity contribution in [2.75, 3.05) is 38.0 Å². The summed E-state index contributed by atoms with van der Waals surface area (Å²) in [5, 5.41) is 14.8. The van der Waals surface area contributed by atoms with Crippen LogP contribution in [0.3, 0.4) is 0 Å². The van der Waals surface area contributed by atoms with Gasteiger partial charge in [-0.25, -0.2) is 4.79 Å². The molecule has 30 heavy (non-hydrogen) atoms. The molecule has 1 saturated heterocycles. The number of hydrogen-bond donors (Lipinski definition) is 1. The van der Waals surface area contributed by atoms with Gasteiger partial charge in [-0.05, 0) is 62.7 Å². The van der Waals surface area contributed by atoms with Gasteiger partial charge in [0.05, 0.1) is 12.2 Å². The van der Waals surface area contributed by atoms with E-state index in [0.717, 1.165) is 16.9 Å². The summed E-state index contributed by atoms with van der Waals surface area (Å²) in [6.07, 6.45) is -0.335. The van der Waals surface area contributed by atoms with Crippen molar-refractivity contribution in [3.8, 4) is 5.69 Å². The number of carbonyl (C=O) groups is 2. The summed E-state index contributed by atoms with van der Waals surface area (Å²) < 4.78 is 7.06. The highest BCUT2D eigenvalue weighted by Gasteiger charge is 2.27. The van der Waals surface area contributed by atoms with Gasteiger partial charge in [0.2, 0.25) is 5.91 Å². The molecule has 0 saturated carbocycles. The summed E-state index contributed by atoms with van der Waals surface area (Å²) >= 11 is 0. The van der Waals surface area contributed by atoms with Gasteiger partial charge in [-0.3, -0.25) is 4.79 Å². The molecule has 1 aromatic heterocycles. The molecule has 1 N–H and O–H groups in total. The highest BCUT2D eigenvalue weighted by Crippen LogP contribution is 2.19. The van der Waals surface area contributed by atoms with Crippen molar-refractivity contribution in [2.45, 2.75) is 40.2 Å². The van der Waals surface area contributed by atoms with Gasteiger partial charge in [0, 0.05) is 31.9 Å². The molecule has 0 aliphatic carbocycles. The van der Waals surface area contributed by atoms with Crippen molar-refractivity contribution >= 4 is 17.7 Å². The number of nitrogens with zero attached hydrogens (tertiary/aromatic N) is 6. The average molecular weight is 415 g/mol. The third-order valence-corrected chi connectivity index (χ3v) is 4.79. The van der Waals surface area contributed by atoms with Gasteiger partial charge in [-0.1, -0.05) is 6.07 Å². The minimum absolute atomic E-state index is 0.0143. The molecule has 0 atom stereocenters. The molecule has 0 radical (unpaired) electrons. The van der Waals surface area contributed by atoms with E-state index in [4.69, 9.17) is 4.74 Å². The Morgan fingerprint density at radius 1 is 1.10 bits per heavy atom. The topological polar surface area (TPSA) is 105 Å². The maximum absolute atomic E-state index is 12.6. The number of rotatable bonds is 4. The first kappa shape index (κ1) is 21.5. The molecule has 3 rings (SSSR count). The maximum Gasteiger partial charge on any atom is 0.410 e. The van der Waals surface area contributed by atoms with E-state index in [2.05, 4.69) is 20.8 Å². The highest BCUT2D eigenvalue weighted by molar-refractivity contribution is 5.81. The number of tetrazole rings is 1. The van der Waals surface area contributed by atoms with Crippen molar-refractivity contribution in [1.82, 2.24) is 30.0 Å². The SMILES string of the molecule is Cc1ccc(NCC(=O)N2CCN(C(=O)OC(C)(C)C)CC2)cc1-n1nnnc1C. The minimum atomic E-state index is -0.526. The van der Waals surface area contributed by atoms with Gasteiger partial charge < -0.3 is 19.9 Å². The lowest BCUT2D eigenvalue weighted by Crippen LogP contribution is -2.52. The van der Waals surface area contributed by atoms with E-state index < -0.39 is 5.60 Å². The molecule has 1 aliphatic rings. The van der Waals surface area contributed by atoms with Crippen molar-refractivity contribution in [3.63, 3.8) is 0 Å². The molecule has 2 aromatic rings. The van der Waals surface area contributed by atoms with Crippen molar-refractivity contribution in [3.05, 3.63) is 29.6 Å². The summed E-state index contributed by atoms with van der Waals surface area (Å²) in [5.41, 5.74) is 2.18. The van der Waals surface area contributed by atoms with E-state index in [9.17, 15) is 9.59 Å². The minimum Gasteiger partial charge on any atom is -0.444 e. The maximum atomic E-state index is 12.6. The Hall–Kier alpha value is -3.17. The predicted octanol–water partition coefficient (Wildman–Crippen LogP) is 1.77. The van der Waals surface area contributed by atoms with Gasteiger partial charge in [0.1, 0.15) is 5.60 Å². The van der Waals surface area contributed by atoms with Crippen LogP contribution < -0.4 is 5.32 Å². The second-order valence-electron chi connectivity index (χ2n) is 8.34. The lowest BCUT2D eigenvalue weighted by atomic mass is 10.1. The molecule has 0 unspecified atom stereocenters. The molecule has 10 nitrogen and oxygen atoms in total. The summed E-state index contributed by atoms with van der Waals surface area (Å²) in [4.78, 5) is 28.2. The second kappa shape index (κ2) is 8.68. The monoisotopic (exact) mass is 415 g/mol. The van der Waals surface area contributed by atoms with E-state index in [-0.39, 0.29) is 18.5 Å². The zero-order valence-corrected chi connectivity index (χ0v) is 18.2. The average Bonchev–Trinajstić information content (AvgIpc) is 3.11. The molecular weight excluding hydrogens is 386 g/mol. The molecule has 10 heteroatoms. The van der Waals surface area contributed by atoms with Crippen LogP contribution in [0.4, 0.5) is 10.5 Å². The number of ether oxygens (including phenoxy) is 1. The Balaban J connectivity index is 1.53. The Kier molecular flexibility index (Phi) is 6.23. The van der Waals surface area contributed by atoms with E-state index in [0.29, 0.717) is 32.0 Å². The van der Waals surface area contributed by atoms with Crippen LogP contribution in [-0.4, -0.2) is 80.3 Å². The van der Waals surface area contributed by atoms with Crippen molar-refractivity contribution < 1.29 is 14.3 Å². The van der Waals surface area contributed by atoms with Crippen molar-refractivity contribution in [2.24, 2.45) is 0 Å². The number of aryl methyl sites for hydroxylation is 2. The van der Waals surface area contributed by atoms with Crippen LogP contribution in [-0.2, 0) is 9.53 Å². The predicted molar refractivity (Wildman–Crippen MR) is 112 cm³/mol. The zero-order chi connectivity index (χ0) is 21.9. The highest BCUT2D eigenvalue weighted by atomic mass is 16.6. The summed E-state index contributed by atoms with van der Waals surface area (Å²) in [6, 6.07) is 5.81. The lowest BCUT2D eigenvalue weighted by molar-refractivity contribution is -0.131. The van der Waals surface area contributed by atoms with Crippen molar-refractivity contribution in [1.29, 1.82) is 0 Å². The number of nitrogens with one attached hydrogen (secondary N) is 1. The number of hydrogen-bond acceptors (Lipinski definition) is 7. The van der Waals surface area contributed by atoms with Crippen LogP contribution in [0.15, 0.2) is 18.2 Å². The first-order valence-electron chi connectivity index (χ1n) is 9.99. The fourth-order valence-corrected chi connectivity index (χ4v) is 3.16. The largest absolute Gasteiger partial charge is 0.444 e. The third-order valence-electron chi connectivity index (χ3n) is 4.79. The van der Waals surface area contributed by atoms with Gasteiger partial charge in [-0.2, -0.15) is 4.68 Å². The van der Waals surface area contributed by atoms with Crippen LogP contribution in [0.1, 0.15) is 32.2 Å². The number of piperazine rings is 1. The quantitative estimate of drug-likeness (QED) is 0.811. The molecule has 2 heterocycles. The van der Waals surface area contributed by atoms with Gasteiger partial charge in [0.25, 0.3) is 0 Å². The van der Waals surface area contributed by atoms with E-state index >= 15 is 0 Å². The van der Waals surface area contributed by atoms with Gasteiger partial charge >= 0.3 is 6.09 Å². The molecule has 0 bridgehead atoms. The molecule has 2 amide bonds. The summed E-state index contributed by atoms with van der Waals surface area (Å²) in [7, 11) is 0. The Labute approximate surface area is 176 Å². The van der Waals surface area contributed by atoms with Crippen LogP contribution in [0, 0.1) is 13.8 Å². The van der Waals surface area contributed by atoms with E-state index in [1.165, 1.54) is 0 Å². The third kappa shape index (κ3) is 5.25. The van der Waals surface area contributed by atoms with Gasteiger partial charge in [-0.15, -0.1) is 5.10 Å². The Bertz CT molecular complexity index is 911. The zero-order valence-electron chi connectivity index (χ0n) is 18.2. The van der Waals surface area contributed by atoms with E-state index in [1.807, 2.05) is 52.8 Å². The smallest absolute Gasteiger partial charge is 0.410 e. The van der Waals surface area contributed by atoms with Crippen LogP contribution in [0.5, 0.6) is 0 Å². The molecule has 1 aliphatic heterocycles. The number of carbonyl (C=O) groups excluding carboxylic acids is 2. The number of benzene rings is 1. The molecule has 1 aromatic carbocycles.